The van der Waals surface area contributed by atoms with Gasteiger partial charge in [-0.1, -0.05) is 26.0 Å². The number of hydrogen-bond donors (Lipinski definition) is 2. The quantitative estimate of drug-likeness (QED) is 0.798. The summed E-state index contributed by atoms with van der Waals surface area (Å²) in [4.78, 5) is 0.0545. The van der Waals surface area contributed by atoms with E-state index in [2.05, 4.69) is 4.72 Å². The van der Waals surface area contributed by atoms with Gasteiger partial charge in [0.25, 0.3) is 10.0 Å². The van der Waals surface area contributed by atoms with Crippen molar-refractivity contribution in [1.82, 2.24) is 0 Å². The monoisotopic (exact) mass is 386 g/mol. The first-order valence-corrected chi connectivity index (χ1v) is 10.8. The summed E-state index contributed by atoms with van der Waals surface area (Å²) in [5.41, 5.74) is 0.707. The zero-order chi connectivity index (χ0) is 18.8. The predicted octanol–water partition coefficient (Wildman–Crippen LogP) is 3.12. The van der Waals surface area contributed by atoms with Gasteiger partial charge in [0.05, 0.1) is 22.5 Å². The van der Waals surface area contributed by atoms with Gasteiger partial charge in [-0.05, 0) is 41.8 Å². The topological polar surface area (TPSA) is 92.3 Å². The van der Waals surface area contributed by atoms with Crippen molar-refractivity contribution >= 4 is 31.4 Å². The molecule has 2 N–H and O–H groups in total. The molecule has 2 rings (SSSR count). The summed E-state index contributed by atoms with van der Waals surface area (Å²) < 4.78 is 65.3. The SMILES string of the molecule is CC(C)c1ccc(S(=O)(=O)Nc2ccc(F)c(NS(C)(=O)=O)c2)cc1. The Morgan fingerprint density at radius 1 is 0.920 bits per heavy atom. The average Bonchev–Trinajstić information content (AvgIpc) is 2.49. The first kappa shape index (κ1) is 19.2. The number of nitrogens with one attached hydrogen (secondary N) is 2. The van der Waals surface area contributed by atoms with E-state index < -0.39 is 25.9 Å². The maximum absolute atomic E-state index is 13.7. The molecule has 0 radical (unpaired) electrons. The van der Waals surface area contributed by atoms with Crippen LogP contribution in [0.25, 0.3) is 0 Å². The van der Waals surface area contributed by atoms with Gasteiger partial charge in [-0.3, -0.25) is 9.44 Å². The third-order valence-corrected chi connectivity index (χ3v) is 5.36. The Morgan fingerprint density at radius 3 is 2.04 bits per heavy atom. The molecule has 0 fully saturated rings. The molecular weight excluding hydrogens is 367 g/mol. The molecule has 2 aromatic rings. The van der Waals surface area contributed by atoms with Crippen LogP contribution in [-0.4, -0.2) is 23.1 Å². The van der Waals surface area contributed by atoms with E-state index in [1.807, 2.05) is 18.6 Å². The Kier molecular flexibility index (Phi) is 5.38. The fourth-order valence-corrected chi connectivity index (χ4v) is 3.72. The third kappa shape index (κ3) is 5.17. The highest BCUT2D eigenvalue weighted by atomic mass is 32.2. The van der Waals surface area contributed by atoms with Crippen molar-refractivity contribution in [2.75, 3.05) is 15.7 Å². The molecule has 9 heteroatoms. The zero-order valence-electron chi connectivity index (χ0n) is 13.9. The molecule has 0 amide bonds. The molecule has 0 heterocycles. The van der Waals surface area contributed by atoms with Crippen LogP contribution in [0.15, 0.2) is 47.4 Å². The first-order chi connectivity index (χ1) is 11.5. The van der Waals surface area contributed by atoms with Crippen molar-refractivity contribution in [2.45, 2.75) is 24.7 Å². The summed E-state index contributed by atoms with van der Waals surface area (Å²) in [5, 5.41) is 0. The maximum Gasteiger partial charge on any atom is 0.261 e. The van der Waals surface area contributed by atoms with Gasteiger partial charge in [-0.25, -0.2) is 21.2 Å². The van der Waals surface area contributed by atoms with Crippen LogP contribution < -0.4 is 9.44 Å². The van der Waals surface area contributed by atoms with Gasteiger partial charge in [-0.15, -0.1) is 0 Å². The molecule has 25 heavy (non-hydrogen) atoms. The molecule has 0 aliphatic rings. The van der Waals surface area contributed by atoms with Gasteiger partial charge in [0.2, 0.25) is 10.0 Å². The van der Waals surface area contributed by atoms with Crippen LogP contribution in [-0.2, 0) is 20.0 Å². The summed E-state index contributed by atoms with van der Waals surface area (Å²) in [6.45, 7) is 3.99. The number of sulfonamides is 2. The Bertz CT molecular complexity index is 970. The Morgan fingerprint density at radius 2 is 1.52 bits per heavy atom. The minimum absolute atomic E-state index is 0.0421. The van der Waals surface area contributed by atoms with Crippen molar-refractivity contribution in [3.63, 3.8) is 0 Å². The van der Waals surface area contributed by atoms with E-state index in [9.17, 15) is 21.2 Å². The number of rotatable bonds is 6. The second-order valence-corrected chi connectivity index (χ2v) is 9.33. The summed E-state index contributed by atoms with van der Waals surface area (Å²) in [5.74, 6) is -0.541. The van der Waals surface area contributed by atoms with Gasteiger partial charge in [-0.2, -0.15) is 0 Å². The smallest absolute Gasteiger partial charge is 0.261 e. The fraction of sp³-hybridized carbons (Fsp3) is 0.250. The Balaban J connectivity index is 2.30. The van der Waals surface area contributed by atoms with Crippen LogP contribution in [0.5, 0.6) is 0 Å². The molecule has 0 unspecified atom stereocenters. The first-order valence-electron chi connectivity index (χ1n) is 7.38. The molecule has 0 saturated heterocycles. The van der Waals surface area contributed by atoms with Gasteiger partial charge in [0.1, 0.15) is 5.82 Å². The Hall–Kier alpha value is -2.13. The molecule has 0 aromatic heterocycles. The van der Waals surface area contributed by atoms with Crippen molar-refractivity contribution in [3.05, 3.63) is 53.8 Å². The zero-order valence-corrected chi connectivity index (χ0v) is 15.6. The highest BCUT2D eigenvalue weighted by Gasteiger charge is 2.16. The van der Waals surface area contributed by atoms with Gasteiger partial charge >= 0.3 is 0 Å². The summed E-state index contributed by atoms with van der Waals surface area (Å²) in [7, 11) is -7.57. The second-order valence-electron chi connectivity index (χ2n) is 5.90. The van der Waals surface area contributed by atoms with Crippen LogP contribution in [0.1, 0.15) is 25.3 Å². The molecule has 0 atom stereocenters. The van der Waals surface area contributed by atoms with E-state index in [0.717, 1.165) is 24.0 Å². The van der Waals surface area contributed by atoms with Gasteiger partial charge < -0.3 is 0 Å². The lowest BCUT2D eigenvalue weighted by Crippen LogP contribution is -2.14. The number of hydrogen-bond acceptors (Lipinski definition) is 4. The highest BCUT2D eigenvalue weighted by molar-refractivity contribution is 7.92. The van der Waals surface area contributed by atoms with Crippen molar-refractivity contribution in [3.8, 4) is 0 Å². The van der Waals surface area contributed by atoms with E-state index in [-0.39, 0.29) is 22.2 Å². The minimum atomic E-state index is -3.88. The van der Waals surface area contributed by atoms with Crippen molar-refractivity contribution in [2.24, 2.45) is 0 Å². The van der Waals surface area contributed by atoms with E-state index in [4.69, 9.17) is 0 Å². The normalized spacial score (nSPS) is 12.2. The number of anilines is 2. The maximum atomic E-state index is 13.7. The van der Waals surface area contributed by atoms with Crippen molar-refractivity contribution < 1.29 is 21.2 Å². The van der Waals surface area contributed by atoms with Crippen LogP contribution in [0, 0.1) is 5.82 Å². The summed E-state index contributed by atoms with van der Waals surface area (Å²) >= 11 is 0. The lowest BCUT2D eigenvalue weighted by Gasteiger charge is -2.12. The standard InChI is InChI=1S/C16H19FN2O4S2/c1-11(2)12-4-7-14(8-5-12)25(22,23)18-13-6-9-15(17)16(10-13)19-24(3,20)21/h4-11,18-19H,1-3H3. The van der Waals surface area contributed by atoms with Gasteiger partial charge in [0, 0.05) is 0 Å². The largest absolute Gasteiger partial charge is 0.281 e. The van der Waals surface area contributed by atoms with E-state index in [0.29, 0.717) is 0 Å². The molecule has 0 saturated carbocycles. The molecule has 6 nitrogen and oxygen atoms in total. The fourth-order valence-electron chi connectivity index (χ4n) is 2.11. The molecule has 0 spiro atoms. The van der Waals surface area contributed by atoms with E-state index >= 15 is 0 Å². The second kappa shape index (κ2) is 7.01. The van der Waals surface area contributed by atoms with E-state index in [1.165, 1.54) is 18.2 Å². The van der Waals surface area contributed by atoms with Crippen LogP contribution in [0.4, 0.5) is 15.8 Å². The van der Waals surface area contributed by atoms with Gasteiger partial charge in [0.15, 0.2) is 0 Å². The molecule has 136 valence electrons. The average molecular weight is 386 g/mol. The molecule has 0 aliphatic heterocycles. The minimum Gasteiger partial charge on any atom is -0.281 e. The van der Waals surface area contributed by atoms with Crippen LogP contribution in [0.3, 0.4) is 0 Å². The number of halogens is 1. The lowest BCUT2D eigenvalue weighted by molar-refractivity contribution is 0.600. The lowest BCUT2D eigenvalue weighted by atomic mass is 10.0. The summed E-state index contributed by atoms with van der Waals surface area (Å²) in [6, 6.07) is 9.68. The third-order valence-electron chi connectivity index (χ3n) is 3.37. The van der Waals surface area contributed by atoms with E-state index in [1.54, 1.807) is 12.1 Å². The molecular formula is C16H19FN2O4S2. The predicted molar refractivity (Wildman–Crippen MR) is 96.2 cm³/mol. The summed E-state index contributed by atoms with van der Waals surface area (Å²) in [6.07, 6.45) is 0.875. The highest BCUT2D eigenvalue weighted by Crippen LogP contribution is 2.24. The molecule has 0 aliphatic carbocycles. The molecule has 0 bridgehead atoms. The van der Waals surface area contributed by atoms with Crippen LogP contribution >= 0.6 is 0 Å². The number of benzene rings is 2. The van der Waals surface area contributed by atoms with Crippen LogP contribution in [0.2, 0.25) is 0 Å². The van der Waals surface area contributed by atoms with Crippen molar-refractivity contribution in [1.29, 1.82) is 0 Å². The Labute approximate surface area is 147 Å². The molecule has 2 aromatic carbocycles.